The molecule has 0 radical (unpaired) electrons. The van der Waals surface area contributed by atoms with Crippen LogP contribution in [-0.2, 0) is 14.6 Å². The summed E-state index contributed by atoms with van der Waals surface area (Å²) in [5, 5.41) is 9.87. The Kier molecular flexibility index (Phi) is 6.08. The van der Waals surface area contributed by atoms with Crippen molar-refractivity contribution in [2.45, 2.75) is 17.7 Å². The Balaban J connectivity index is 1.91. The minimum Gasteiger partial charge on any atom is -0.484 e. The van der Waals surface area contributed by atoms with Crippen LogP contribution in [0.5, 0.6) is 5.75 Å². The molecule has 0 unspecified atom stereocenters. The van der Waals surface area contributed by atoms with E-state index in [-0.39, 0.29) is 21.8 Å². The smallest absolute Gasteiger partial charge is 0.264 e. The van der Waals surface area contributed by atoms with Gasteiger partial charge < -0.3 is 4.74 Å². The Morgan fingerprint density at radius 2 is 2.00 bits per heavy atom. The lowest BCUT2D eigenvalue weighted by atomic mass is 10.3. The molecule has 23 heavy (non-hydrogen) atoms. The Bertz CT molecular complexity index is 775. The highest BCUT2D eigenvalue weighted by atomic mass is 79.9. The zero-order valence-corrected chi connectivity index (χ0v) is 15.4. The van der Waals surface area contributed by atoms with Crippen molar-refractivity contribution in [1.82, 2.24) is 10.2 Å². The third kappa shape index (κ3) is 5.26. The summed E-state index contributed by atoms with van der Waals surface area (Å²) >= 11 is 4.13. The number of ether oxygens (including phenoxy) is 1. The maximum Gasteiger partial charge on any atom is 0.264 e. The molecule has 10 heteroatoms. The van der Waals surface area contributed by atoms with Gasteiger partial charge in [0.2, 0.25) is 19.3 Å². The van der Waals surface area contributed by atoms with E-state index < -0.39 is 15.7 Å². The standard InChI is InChI=1S/C13H14BrN3O4S2/c1-2-7-23(19,20)13-17-16-12(22-13)15-11(18)8-21-10-5-3-9(14)4-6-10/h3-6H,2,7-8H2,1H3,(H,15,16,18). The molecule has 0 aliphatic rings. The SMILES string of the molecule is CCCS(=O)(=O)c1nnc(NC(=O)COc2ccc(Br)cc2)s1. The number of amides is 1. The van der Waals surface area contributed by atoms with Crippen molar-refractivity contribution < 1.29 is 17.9 Å². The van der Waals surface area contributed by atoms with Crippen LogP contribution < -0.4 is 10.1 Å². The minimum absolute atomic E-state index is 0.00224. The van der Waals surface area contributed by atoms with Crippen molar-refractivity contribution in [2.75, 3.05) is 17.7 Å². The van der Waals surface area contributed by atoms with Crippen LogP contribution in [-0.4, -0.2) is 36.9 Å². The minimum atomic E-state index is -3.43. The first kappa shape index (κ1) is 17.8. The molecule has 1 amide bonds. The van der Waals surface area contributed by atoms with Gasteiger partial charge in [0.25, 0.3) is 5.91 Å². The highest BCUT2D eigenvalue weighted by molar-refractivity contribution is 9.10. The first-order valence-corrected chi connectivity index (χ1v) is 9.91. The van der Waals surface area contributed by atoms with Gasteiger partial charge in [-0.25, -0.2) is 8.42 Å². The maximum atomic E-state index is 11.8. The second-order valence-corrected chi connectivity index (χ2v) is 8.66. The first-order valence-electron chi connectivity index (χ1n) is 6.65. The van der Waals surface area contributed by atoms with Crippen molar-refractivity contribution in [3.05, 3.63) is 28.7 Å². The van der Waals surface area contributed by atoms with E-state index in [2.05, 4.69) is 31.4 Å². The summed E-state index contributed by atoms with van der Waals surface area (Å²) < 4.78 is 29.8. The molecule has 124 valence electrons. The Morgan fingerprint density at radius 1 is 1.30 bits per heavy atom. The number of anilines is 1. The van der Waals surface area contributed by atoms with Crippen LogP contribution in [0.3, 0.4) is 0 Å². The number of rotatable bonds is 7. The van der Waals surface area contributed by atoms with Crippen LogP contribution >= 0.6 is 27.3 Å². The monoisotopic (exact) mass is 419 g/mol. The van der Waals surface area contributed by atoms with E-state index in [1.807, 2.05) is 0 Å². The van der Waals surface area contributed by atoms with Gasteiger partial charge in [-0.3, -0.25) is 10.1 Å². The van der Waals surface area contributed by atoms with E-state index in [9.17, 15) is 13.2 Å². The first-order chi connectivity index (χ1) is 10.9. The molecule has 1 aromatic heterocycles. The molecular weight excluding hydrogens is 406 g/mol. The predicted molar refractivity (Wildman–Crippen MR) is 90.5 cm³/mol. The Morgan fingerprint density at radius 3 is 2.65 bits per heavy atom. The second kappa shape index (κ2) is 7.84. The molecule has 0 saturated heterocycles. The summed E-state index contributed by atoms with van der Waals surface area (Å²) in [5.74, 6) is 0.109. The van der Waals surface area contributed by atoms with Crippen LogP contribution in [0.15, 0.2) is 33.1 Å². The number of carbonyl (C=O) groups is 1. The number of aromatic nitrogens is 2. The molecule has 1 heterocycles. The molecule has 1 N–H and O–H groups in total. The number of carbonyl (C=O) groups excluding carboxylic acids is 1. The van der Waals surface area contributed by atoms with Gasteiger partial charge in [-0.2, -0.15) is 0 Å². The maximum absolute atomic E-state index is 11.8. The van der Waals surface area contributed by atoms with Crippen LogP contribution in [0.1, 0.15) is 13.3 Å². The third-order valence-corrected chi connectivity index (χ3v) is 6.31. The summed E-state index contributed by atoms with van der Waals surface area (Å²) in [6.07, 6.45) is 0.491. The van der Waals surface area contributed by atoms with E-state index >= 15 is 0 Å². The molecule has 0 fully saturated rings. The summed E-state index contributed by atoms with van der Waals surface area (Å²) in [7, 11) is -3.43. The fraction of sp³-hybridized carbons (Fsp3) is 0.308. The highest BCUT2D eigenvalue weighted by Crippen LogP contribution is 2.21. The molecule has 1 aromatic carbocycles. The zero-order chi connectivity index (χ0) is 16.9. The van der Waals surface area contributed by atoms with E-state index in [1.165, 1.54) is 0 Å². The number of nitrogens with zero attached hydrogens (tertiary/aromatic N) is 2. The molecule has 2 aromatic rings. The van der Waals surface area contributed by atoms with Crippen molar-refractivity contribution in [3.63, 3.8) is 0 Å². The number of halogens is 1. The van der Waals surface area contributed by atoms with E-state index in [0.717, 1.165) is 15.8 Å². The molecule has 0 bridgehead atoms. The quantitative estimate of drug-likeness (QED) is 0.692. The molecule has 0 aliphatic carbocycles. The topological polar surface area (TPSA) is 98.3 Å². The fourth-order valence-corrected chi connectivity index (χ4v) is 4.21. The lowest BCUT2D eigenvalue weighted by Crippen LogP contribution is -2.20. The average Bonchev–Trinajstić information content (AvgIpc) is 2.96. The Labute approximate surface area is 146 Å². The third-order valence-electron chi connectivity index (χ3n) is 2.58. The van der Waals surface area contributed by atoms with Crippen LogP contribution in [0, 0.1) is 0 Å². The molecule has 0 saturated carbocycles. The summed E-state index contributed by atoms with van der Waals surface area (Å²) in [6, 6.07) is 7.03. The van der Waals surface area contributed by atoms with Crippen molar-refractivity contribution in [3.8, 4) is 5.75 Å². The molecule has 0 aliphatic heterocycles. The predicted octanol–water partition coefficient (Wildman–Crippen LogP) is 2.50. The summed E-state index contributed by atoms with van der Waals surface area (Å²) in [4.78, 5) is 11.8. The fourth-order valence-electron chi connectivity index (χ4n) is 1.58. The lowest BCUT2D eigenvalue weighted by molar-refractivity contribution is -0.118. The van der Waals surface area contributed by atoms with E-state index in [1.54, 1.807) is 31.2 Å². The van der Waals surface area contributed by atoms with Gasteiger partial charge in [-0.05, 0) is 30.7 Å². The van der Waals surface area contributed by atoms with Gasteiger partial charge in [0.1, 0.15) is 5.75 Å². The number of sulfone groups is 1. The number of hydrogen-bond donors (Lipinski definition) is 1. The molecular formula is C13H14BrN3O4S2. The highest BCUT2D eigenvalue weighted by Gasteiger charge is 2.20. The largest absolute Gasteiger partial charge is 0.484 e. The van der Waals surface area contributed by atoms with Gasteiger partial charge in [-0.15, -0.1) is 10.2 Å². The van der Waals surface area contributed by atoms with Crippen molar-refractivity contribution >= 4 is 48.1 Å². The molecule has 2 rings (SSSR count). The number of benzene rings is 1. The van der Waals surface area contributed by atoms with Gasteiger partial charge in [-0.1, -0.05) is 34.2 Å². The van der Waals surface area contributed by atoms with Gasteiger partial charge in [0.05, 0.1) is 5.75 Å². The second-order valence-electron chi connectivity index (χ2n) is 4.48. The molecule has 0 atom stereocenters. The van der Waals surface area contributed by atoms with E-state index in [4.69, 9.17) is 4.74 Å². The van der Waals surface area contributed by atoms with Crippen LogP contribution in [0.4, 0.5) is 5.13 Å². The van der Waals surface area contributed by atoms with Gasteiger partial charge in [0, 0.05) is 4.47 Å². The summed E-state index contributed by atoms with van der Waals surface area (Å²) in [5.41, 5.74) is 0. The average molecular weight is 420 g/mol. The van der Waals surface area contributed by atoms with Crippen molar-refractivity contribution in [1.29, 1.82) is 0 Å². The van der Waals surface area contributed by atoms with Gasteiger partial charge >= 0.3 is 0 Å². The number of hydrogen-bond acceptors (Lipinski definition) is 7. The Hall–Kier alpha value is -1.52. The van der Waals surface area contributed by atoms with Crippen molar-refractivity contribution in [2.24, 2.45) is 0 Å². The number of nitrogens with one attached hydrogen (secondary N) is 1. The molecule has 7 nitrogen and oxygen atoms in total. The normalized spacial score (nSPS) is 11.2. The van der Waals surface area contributed by atoms with E-state index in [0.29, 0.717) is 12.2 Å². The summed E-state index contributed by atoms with van der Waals surface area (Å²) in [6.45, 7) is 1.55. The zero-order valence-electron chi connectivity index (χ0n) is 12.2. The van der Waals surface area contributed by atoms with Crippen LogP contribution in [0.2, 0.25) is 0 Å². The van der Waals surface area contributed by atoms with Crippen LogP contribution in [0.25, 0.3) is 0 Å². The lowest BCUT2D eigenvalue weighted by Gasteiger charge is -2.05. The van der Waals surface area contributed by atoms with Gasteiger partial charge in [0.15, 0.2) is 6.61 Å². The molecule has 0 spiro atoms.